The van der Waals surface area contributed by atoms with Crippen LogP contribution in [0.5, 0.6) is 0 Å². The van der Waals surface area contributed by atoms with Gasteiger partial charge in [0.25, 0.3) is 0 Å². The minimum Gasteiger partial charge on any atom is -0.447 e. The van der Waals surface area contributed by atoms with Crippen LogP contribution in [-0.2, 0) is 9.53 Å². The first-order valence-corrected chi connectivity index (χ1v) is 9.32. The van der Waals surface area contributed by atoms with Crippen LogP contribution in [0.4, 0.5) is 20.6 Å². The van der Waals surface area contributed by atoms with Crippen LogP contribution in [-0.4, -0.2) is 32.5 Å². The number of fused-ring (bicyclic) bond motifs is 1. The highest BCUT2D eigenvalue weighted by Gasteiger charge is 2.29. The molecule has 0 atom stereocenters. The van der Waals surface area contributed by atoms with E-state index in [0.29, 0.717) is 22.8 Å². The summed E-state index contributed by atoms with van der Waals surface area (Å²) in [4.78, 5) is 32.2. The fourth-order valence-electron chi connectivity index (χ4n) is 2.83. The topological polar surface area (TPSA) is 97.6 Å². The lowest BCUT2D eigenvalue weighted by Crippen LogP contribution is -2.18. The van der Waals surface area contributed by atoms with Crippen molar-refractivity contribution in [3.63, 3.8) is 0 Å². The van der Waals surface area contributed by atoms with Crippen LogP contribution in [0.15, 0.2) is 36.8 Å². The Labute approximate surface area is 166 Å². The number of amides is 2. The van der Waals surface area contributed by atoms with Crippen LogP contribution in [0.1, 0.15) is 26.7 Å². The second-order valence-electron chi connectivity index (χ2n) is 7.21. The molecule has 0 bridgehead atoms. The first kappa shape index (κ1) is 18.9. The van der Waals surface area contributed by atoms with Crippen LogP contribution in [0.25, 0.3) is 17.0 Å². The van der Waals surface area contributed by atoms with E-state index in [9.17, 15) is 14.0 Å². The van der Waals surface area contributed by atoms with E-state index in [1.165, 1.54) is 18.3 Å². The summed E-state index contributed by atoms with van der Waals surface area (Å²) in [6.45, 7) is 3.50. The molecule has 1 aliphatic rings. The first-order chi connectivity index (χ1) is 13.9. The molecule has 1 aliphatic carbocycles. The number of carbonyl (C=O) groups excluding carboxylic acids is 2. The van der Waals surface area contributed by atoms with Gasteiger partial charge in [0.2, 0.25) is 11.7 Å². The Morgan fingerprint density at radius 3 is 2.72 bits per heavy atom. The standard InChI is InChI=1S/C20H20FN5O3/c1-11(2)29-20(28)24-14-8-22-19-25-17(10-26(19)9-14)15-7-13(5-6-16(15)21)23-18(27)12-3-4-12/h5-12H,3-4H2,1-2H3,(H,23,27)(H,24,28). The second-order valence-corrected chi connectivity index (χ2v) is 7.21. The van der Waals surface area contributed by atoms with Crippen LogP contribution in [0, 0.1) is 11.7 Å². The lowest BCUT2D eigenvalue weighted by molar-refractivity contribution is -0.117. The van der Waals surface area contributed by atoms with Gasteiger partial charge in [-0.3, -0.25) is 14.5 Å². The number of halogens is 1. The first-order valence-electron chi connectivity index (χ1n) is 9.32. The lowest BCUT2D eigenvalue weighted by Gasteiger charge is -2.09. The Balaban J connectivity index is 1.59. The molecule has 2 N–H and O–H groups in total. The molecule has 4 rings (SSSR count). The third-order valence-electron chi connectivity index (χ3n) is 4.36. The second kappa shape index (κ2) is 7.50. The van der Waals surface area contributed by atoms with Crippen molar-refractivity contribution in [2.45, 2.75) is 32.8 Å². The van der Waals surface area contributed by atoms with Crippen LogP contribution < -0.4 is 10.6 Å². The number of hydrogen-bond acceptors (Lipinski definition) is 5. The third-order valence-corrected chi connectivity index (χ3v) is 4.36. The van der Waals surface area contributed by atoms with E-state index < -0.39 is 11.9 Å². The number of rotatable bonds is 5. The highest BCUT2D eigenvalue weighted by molar-refractivity contribution is 5.94. The molecular weight excluding hydrogens is 377 g/mol. The molecule has 8 nitrogen and oxygen atoms in total. The summed E-state index contributed by atoms with van der Waals surface area (Å²) in [7, 11) is 0. The molecule has 2 amide bonds. The Morgan fingerprint density at radius 1 is 1.21 bits per heavy atom. The van der Waals surface area contributed by atoms with Crippen molar-refractivity contribution in [2.24, 2.45) is 5.92 Å². The van der Waals surface area contributed by atoms with Gasteiger partial charge in [-0.2, -0.15) is 0 Å². The van der Waals surface area contributed by atoms with Crippen molar-refractivity contribution in [3.8, 4) is 11.3 Å². The average Bonchev–Trinajstić information content (AvgIpc) is 3.42. The SMILES string of the molecule is CC(C)OC(=O)Nc1cnc2nc(-c3cc(NC(=O)C4CC4)ccc3F)cn2c1. The van der Waals surface area contributed by atoms with E-state index in [-0.39, 0.29) is 23.5 Å². The van der Waals surface area contributed by atoms with Gasteiger partial charge in [0.15, 0.2) is 0 Å². The largest absolute Gasteiger partial charge is 0.447 e. The Morgan fingerprint density at radius 2 is 2.00 bits per heavy atom. The van der Waals surface area contributed by atoms with Gasteiger partial charge in [-0.1, -0.05) is 0 Å². The summed E-state index contributed by atoms with van der Waals surface area (Å²) < 4.78 is 21.0. The average molecular weight is 397 g/mol. The highest BCUT2D eigenvalue weighted by Crippen LogP contribution is 2.31. The van der Waals surface area contributed by atoms with E-state index in [2.05, 4.69) is 20.6 Å². The van der Waals surface area contributed by atoms with Crippen molar-refractivity contribution in [1.29, 1.82) is 0 Å². The number of benzene rings is 1. The Bertz CT molecular complexity index is 1090. The van der Waals surface area contributed by atoms with Gasteiger partial charge in [0.1, 0.15) is 5.82 Å². The van der Waals surface area contributed by atoms with Crippen molar-refractivity contribution in [2.75, 3.05) is 10.6 Å². The number of ether oxygens (including phenoxy) is 1. The molecule has 150 valence electrons. The van der Waals surface area contributed by atoms with Crippen molar-refractivity contribution < 1.29 is 18.7 Å². The molecule has 2 aromatic heterocycles. The number of aromatic nitrogens is 3. The molecule has 29 heavy (non-hydrogen) atoms. The van der Waals surface area contributed by atoms with Gasteiger partial charge in [0.05, 0.1) is 23.7 Å². The predicted octanol–water partition coefficient (Wildman–Crippen LogP) is 3.84. The molecule has 0 radical (unpaired) electrons. The summed E-state index contributed by atoms with van der Waals surface area (Å²) in [6, 6.07) is 4.37. The minimum atomic E-state index is -0.591. The number of nitrogens with zero attached hydrogens (tertiary/aromatic N) is 3. The zero-order valence-corrected chi connectivity index (χ0v) is 16.0. The number of anilines is 2. The molecule has 0 saturated heterocycles. The van der Waals surface area contributed by atoms with Crippen LogP contribution in [0.3, 0.4) is 0 Å². The Kier molecular flexibility index (Phi) is 4.87. The Hall–Kier alpha value is -3.49. The normalized spacial score (nSPS) is 13.5. The quantitative estimate of drug-likeness (QED) is 0.682. The molecule has 2 heterocycles. The molecule has 1 saturated carbocycles. The van der Waals surface area contributed by atoms with Crippen LogP contribution in [0.2, 0.25) is 0 Å². The highest BCUT2D eigenvalue weighted by atomic mass is 19.1. The van der Waals surface area contributed by atoms with E-state index in [1.54, 1.807) is 36.7 Å². The van der Waals surface area contributed by atoms with Gasteiger partial charge in [-0.15, -0.1) is 0 Å². The molecule has 0 spiro atoms. The smallest absolute Gasteiger partial charge is 0.411 e. The zero-order valence-electron chi connectivity index (χ0n) is 16.0. The number of nitrogens with one attached hydrogen (secondary N) is 2. The van der Waals surface area contributed by atoms with Gasteiger partial charge in [0, 0.05) is 29.6 Å². The fourth-order valence-corrected chi connectivity index (χ4v) is 2.83. The summed E-state index contributed by atoms with van der Waals surface area (Å²) in [5, 5.41) is 5.38. The monoisotopic (exact) mass is 397 g/mol. The summed E-state index contributed by atoms with van der Waals surface area (Å²) in [5.74, 6) is -0.120. The summed E-state index contributed by atoms with van der Waals surface area (Å²) in [5.41, 5.74) is 1.54. The van der Waals surface area contributed by atoms with E-state index in [1.807, 2.05) is 0 Å². The van der Waals surface area contributed by atoms with Gasteiger partial charge >= 0.3 is 6.09 Å². The third kappa shape index (κ3) is 4.34. The maximum Gasteiger partial charge on any atom is 0.411 e. The minimum absolute atomic E-state index is 0.0520. The zero-order chi connectivity index (χ0) is 20.5. The number of hydrogen-bond donors (Lipinski definition) is 2. The van der Waals surface area contributed by atoms with E-state index in [4.69, 9.17) is 4.74 Å². The number of carbonyl (C=O) groups is 2. The summed E-state index contributed by atoms with van der Waals surface area (Å²) in [6.07, 6.45) is 5.59. The van der Waals surface area contributed by atoms with Crippen molar-refractivity contribution >= 4 is 29.2 Å². The molecular formula is C20H20FN5O3. The molecule has 1 fully saturated rings. The van der Waals surface area contributed by atoms with Crippen LogP contribution >= 0.6 is 0 Å². The van der Waals surface area contributed by atoms with Crippen molar-refractivity contribution in [1.82, 2.24) is 14.4 Å². The molecule has 9 heteroatoms. The van der Waals surface area contributed by atoms with Crippen molar-refractivity contribution in [3.05, 3.63) is 42.6 Å². The maximum absolute atomic E-state index is 14.4. The maximum atomic E-state index is 14.4. The number of imidazole rings is 1. The fraction of sp³-hybridized carbons (Fsp3) is 0.300. The summed E-state index contributed by atoms with van der Waals surface area (Å²) >= 11 is 0. The molecule has 3 aromatic rings. The van der Waals surface area contributed by atoms with Gasteiger partial charge < -0.3 is 10.1 Å². The predicted molar refractivity (Wildman–Crippen MR) is 105 cm³/mol. The molecule has 0 unspecified atom stereocenters. The van der Waals surface area contributed by atoms with Gasteiger partial charge in [-0.25, -0.2) is 19.2 Å². The van der Waals surface area contributed by atoms with E-state index >= 15 is 0 Å². The molecule has 0 aliphatic heterocycles. The lowest BCUT2D eigenvalue weighted by atomic mass is 10.1. The van der Waals surface area contributed by atoms with E-state index in [0.717, 1.165) is 12.8 Å². The van der Waals surface area contributed by atoms with Gasteiger partial charge in [-0.05, 0) is 44.9 Å². The molecule has 1 aromatic carbocycles.